The van der Waals surface area contributed by atoms with Crippen LogP contribution in [0, 0.1) is 23.7 Å². The van der Waals surface area contributed by atoms with E-state index >= 15 is 0 Å². The summed E-state index contributed by atoms with van der Waals surface area (Å²) in [5.74, 6) is 0.674. The van der Waals surface area contributed by atoms with Crippen molar-refractivity contribution in [2.45, 2.75) is 49.6 Å². The minimum absolute atomic E-state index is 0.0558. The van der Waals surface area contributed by atoms with Gasteiger partial charge in [-0.1, -0.05) is 97.1 Å². The Bertz CT molecular complexity index is 1410. The zero-order valence-corrected chi connectivity index (χ0v) is 22.1. The van der Waals surface area contributed by atoms with Crippen LogP contribution in [0.15, 0.2) is 81.6 Å². The molecular formula is C28H27N5OS2. The lowest BCUT2D eigenvalue weighted by atomic mass is 9.68. The number of ketones is 1. The second-order valence-corrected chi connectivity index (χ2v) is 12.2. The van der Waals surface area contributed by atoms with Crippen molar-refractivity contribution in [3.05, 3.63) is 94.0 Å². The Labute approximate surface area is 219 Å². The van der Waals surface area contributed by atoms with Gasteiger partial charge in [0, 0.05) is 23.4 Å². The molecule has 8 heteroatoms. The van der Waals surface area contributed by atoms with Crippen LogP contribution in [0.3, 0.4) is 0 Å². The molecule has 2 N–H and O–H groups in total. The number of nitriles is 1. The highest BCUT2D eigenvalue weighted by atomic mass is 32.2. The van der Waals surface area contributed by atoms with Crippen molar-refractivity contribution in [2.24, 2.45) is 11.1 Å². The molecule has 36 heavy (non-hydrogen) atoms. The summed E-state index contributed by atoms with van der Waals surface area (Å²) in [5, 5.41) is 19.6. The number of thioether (sulfide) groups is 1. The molecule has 0 radical (unpaired) electrons. The van der Waals surface area contributed by atoms with E-state index in [-0.39, 0.29) is 11.2 Å². The summed E-state index contributed by atoms with van der Waals surface area (Å²) < 4.78 is 0.810. The van der Waals surface area contributed by atoms with Crippen molar-refractivity contribution in [2.75, 3.05) is 4.90 Å². The van der Waals surface area contributed by atoms with Gasteiger partial charge in [0.15, 0.2) is 10.1 Å². The lowest BCUT2D eigenvalue weighted by Gasteiger charge is -2.42. The first kappa shape index (κ1) is 24.3. The third kappa shape index (κ3) is 4.57. The quantitative estimate of drug-likeness (QED) is 0.413. The van der Waals surface area contributed by atoms with Gasteiger partial charge in [0.05, 0.1) is 17.6 Å². The highest BCUT2D eigenvalue weighted by Crippen LogP contribution is 2.50. The number of carbonyl (C=O) groups is 1. The SMILES string of the molecule is Cc1ccc(C2C(C#N)=C(N)N(c3nnc(SCc4ccccc4)s3)C3=C2C(=O)CC(C)(C)C3)cc1. The molecule has 0 saturated heterocycles. The molecule has 5 rings (SSSR count). The van der Waals surface area contributed by atoms with Gasteiger partial charge in [0.2, 0.25) is 5.13 Å². The van der Waals surface area contributed by atoms with E-state index in [0.717, 1.165) is 26.9 Å². The molecule has 1 aromatic heterocycles. The van der Waals surface area contributed by atoms with Crippen LogP contribution in [0.25, 0.3) is 0 Å². The number of aryl methyl sites for hydroxylation is 1. The number of carbonyl (C=O) groups excluding carboxylic acids is 1. The maximum Gasteiger partial charge on any atom is 0.219 e. The van der Waals surface area contributed by atoms with E-state index in [1.165, 1.54) is 16.9 Å². The Kier molecular flexibility index (Phi) is 6.45. The predicted molar refractivity (Wildman–Crippen MR) is 144 cm³/mol. The van der Waals surface area contributed by atoms with E-state index in [1.807, 2.05) is 54.3 Å². The van der Waals surface area contributed by atoms with Crippen LogP contribution < -0.4 is 10.6 Å². The summed E-state index contributed by atoms with van der Waals surface area (Å²) in [6.07, 6.45) is 1.08. The van der Waals surface area contributed by atoms with Crippen molar-refractivity contribution in [3.63, 3.8) is 0 Å². The first-order valence-electron chi connectivity index (χ1n) is 11.8. The zero-order valence-electron chi connectivity index (χ0n) is 20.5. The molecule has 182 valence electrons. The first-order valence-corrected chi connectivity index (χ1v) is 13.6. The van der Waals surface area contributed by atoms with Gasteiger partial charge in [-0.15, -0.1) is 10.2 Å². The van der Waals surface area contributed by atoms with Crippen molar-refractivity contribution >= 4 is 34.0 Å². The Morgan fingerprint density at radius 1 is 1.14 bits per heavy atom. The molecule has 1 unspecified atom stereocenters. The molecular weight excluding hydrogens is 486 g/mol. The third-order valence-corrected chi connectivity index (χ3v) is 8.70. The van der Waals surface area contributed by atoms with Crippen molar-refractivity contribution < 1.29 is 4.79 Å². The average Bonchev–Trinajstić information content (AvgIpc) is 3.31. The van der Waals surface area contributed by atoms with E-state index in [2.05, 4.69) is 42.2 Å². The molecule has 0 fully saturated rings. The molecule has 6 nitrogen and oxygen atoms in total. The number of nitrogens with zero attached hydrogens (tertiary/aromatic N) is 4. The van der Waals surface area contributed by atoms with Crippen molar-refractivity contribution in [1.29, 1.82) is 5.26 Å². The van der Waals surface area contributed by atoms with Gasteiger partial charge in [-0.25, -0.2) is 0 Å². The summed E-state index contributed by atoms with van der Waals surface area (Å²) in [4.78, 5) is 15.4. The number of anilines is 1. The monoisotopic (exact) mass is 513 g/mol. The second kappa shape index (κ2) is 9.57. The van der Waals surface area contributed by atoms with Crippen LogP contribution in [0.2, 0.25) is 0 Å². The molecule has 3 aromatic rings. The van der Waals surface area contributed by atoms with Gasteiger partial charge >= 0.3 is 0 Å². The molecule has 1 aliphatic carbocycles. The molecule has 0 amide bonds. The highest BCUT2D eigenvalue weighted by Gasteiger charge is 2.45. The minimum Gasteiger partial charge on any atom is -0.384 e. The predicted octanol–water partition coefficient (Wildman–Crippen LogP) is 6.08. The Hall–Kier alpha value is -3.41. The summed E-state index contributed by atoms with van der Waals surface area (Å²) in [7, 11) is 0. The van der Waals surface area contributed by atoms with E-state index in [9.17, 15) is 10.1 Å². The van der Waals surface area contributed by atoms with Gasteiger partial charge in [0.1, 0.15) is 5.82 Å². The fourth-order valence-electron chi connectivity index (χ4n) is 4.89. The van der Waals surface area contributed by atoms with E-state index < -0.39 is 5.92 Å². The van der Waals surface area contributed by atoms with Crippen LogP contribution >= 0.6 is 23.1 Å². The van der Waals surface area contributed by atoms with E-state index in [4.69, 9.17) is 5.73 Å². The first-order chi connectivity index (χ1) is 17.3. The fraction of sp³-hybridized carbons (Fsp3) is 0.286. The van der Waals surface area contributed by atoms with Crippen LogP contribution in [-0.2, 0) is 10.5 Å². The molecule has 2 heterocycles. The Morgan fingerprint density at radius 2 is 1.86 bits per heavy atom. The van der Waals surface area contributed by atoms with Gasteiger partial charge in [0.25, 0.3) is 0 Å². The standard InChI is InChI=1S/C28H27N5OS2/c1-17-9-11-19(12-10-17)23-20(15-29)25(30)33(21-13-28(2,3)14-22(34)24(21)23)26-31-32-27(36-26)35-16-18-7-5-4-6-8-18/h4-12,23H,13-14,16,30H2,1-3H3. The molecule has 0 spiro atoms. The molecule has 0 bridgehead atoms. The zero-order chi connectivity index (χ0) is 25.4. The number of hydrogen-bond acceptors (Lipinski definition) is 8. The number of benzene rings is 2. The Morgan fingerprint density at radius 3 is 2.56 bits per heavy atom. The van der Waals surface area contributed by atoms with Crippen LogP contribution in [0.5, 0.6) is 0 Å². The van der Waals surface area contributed by atoms with Crippen molar-refractivity contribution in [3.8, 4) is 6.07 Å². The maximum atomic E-state index is 13.6. The van der Waals surface area contributed by atoms with Gasteiger partial charge in [-0.2, -0.15) is 5.26 Å². The summed E-state index contributed by atoms with van der Waals surface area (Å²) >= 11 is 3.04. The van der Waals surface area contributed by atoms with Gasteiger partial charge in [-0.05, 0) is 29.9 Å². The largest absolute Gasteiger partial charge is 0.384 e. The third-order valence-electron chi connectivity index (χ3n) is 6.58. The summed E-state index contributed by atoms with van der Waals surface area (Å²) in [6, 6.07) is 20.5. The van der Waals surface area contributed by atoms with E-state index in [0.29, 0.717) is 34.9 Å². The van der Waals surface area contributed by atoms with Gasteiger partial charge in [-0.3, -0.25) is 9.69 Å². The summed E-state index contributed by atoms with van der Waals surface area (Å²) in [6.45, 7) is 6.20. The lowest BCUT2D eigenvalue weighted by molar-refractivity contribution is -0.118. The van der Waals surface area contributed by atoms with Crippen LogP contribution in [0.1, 0.15) is 49.3 Å². The number of allylic oxidation sites excluding steroid dienone is 3. The summed E-state index contributed by atoms with van der Waals surface area (Å²) in [5.41, 5.74) is 11.6. The molecule has 0 saturated carbocycles. The number of aromatic nitrogens is 2. The second-order valence-electron chi connectivity index (χ2n) is 10.0. The Balaban J connectivity index is 1.58. The maximum absolute atomic E-state index is 13.6. The van der Waals surface area contributed by atoms with Crippen LogP contribution in [0.4, 0.5) is 5.13 Å². The molecule has 2 aromatic carbocycles. The van der Waals surface area contributed by atoms with Crippen molar-refractivity contribution in [1.82, 2.24) is 10.2 Å². The number of Topliss-reactive ketones (excluding diaryl/α,β-unsaturated/α-hetero) is 1. The highest BCUT2D eigenvalue weighted by molar-refractivity contribution is 8.00. The molecule has 2 aliphatic rings. The normalized spacial score (nSPS) is 19.3. The fourth-order valence-corrected chi connectivity index (χ4v) is 6.73. The van der Waals surface area contributed by atoms with Crippen LogP contribution in [-0.4, -0.2) is 16.0 Å². The van der Waals surface area contributed by atoms with E-state index in [1.54, 1.807) is 11.8 Å². The smallest absolute Gasteiger partial charge is 0.219 e. The lowest BCUT2D eigenvalue weighted by Crippen LogP contribution is -2.42. The molecule has 1 atom stereocenters. The number of nitrogens with two attached hydrogens (primary N) is 1. The number of rotatable bonds is 5. The number of hydrogen-bond donors (Lipinski definition) is 1. The van der Waals surface area contributed by atoms with Gasteiger partial charge < -0.3 is 5.73 Å². The molecule has 1 aliphatic heterocycles. The average molecular weight is 514 g/mol. The minimum atomic E-state index is -0.481. The topological polar surface area (TPSA) is 95.9 Å².